The van der Waals surface area contributed by atoms with E-state index in [0.29, 0.717) is 0 Å². The summed E-state index contributed by atoms with van der Waals surface area (Å²) in [5, 5.41) is 0. The third-order valence-corrected chi connectivity index (χ3v) is 13.2. The van der Waals surface area contributed by atoms with Crippen molar-refractivity contribution in [3.63, 3.8) is 0 Å². The first kappa shape index (κ1) is 40.7. The van der Waals surface area contributed by atoms with E-state index in [1.54, 1.807) is 0 Å². The summed E-state index contributed by atoms with van der Waals surface area (Å²) in [6.45, 7) is 2.30. The average Bonchev–Trinajstić information content (AvgIpc) is 3.22. The Kier molecular flexibility index (Phi) is 15.8. The SMILES string of the molecule is CCCCCCCCCCCCCCC[C@H]1CC[C@H](C2CCC(c3ccc(Oc4ccc(N)cc4)cc3)(c3ccc(Oc4ccc(N)cc4)cc3)CC2)CC1. The lowest BCUT2D eigenvalue weighted by atomic mass is 9.60. The summed E-state index contributed by atoms with van der Waals surface area (Å²) in [5.74, 6) is 6.00. The monoisotopic (exact) mass is 743 g/mol. The zero-order valence-electron chi connectivity index (χ0n) is 34.0. The van der Waals surface area contributed by atoms with Crippen molar-refractivity contribution >= 4 is 11.4 Å². The lowest BCUT2D eigenvalue weighted by Gasteiger charge is -2.44. The summed E-state index contributed by atoms with van der Waals surface area (Å²) in [7, 11) is 0. The van der Waals surface area contributed by atoms with Crippen LogP contribution in [0, 0.1) is 17.8 Å². The second-order valence-electron chi connectivity index (χ2n) is 17.1. The fraction of sp³-hybridized carbons (Fsp3) is 0.529. The van der Waals surface area contributed by atoms with Gasteiger partial charge in [-0.25, -0.2) is 0 Å². The quantitative estimate of drug-likeness (QED) is 0.0659. The van der Waals surface area contributed by atoms with Crippen LogP contribution in [0.4, 0.5) is 11.4 Å². The lowest BCUT2D eigenvalue weighted by Crippen LogP contribution is -2.35. The molecule has 0 heterocycles. The first-order valence-electron chi connectivity index (χ1n) is 22.3. The van der Waals surface area contributed by atoms with E-state index in [4.69, 9.17) is 20.9 Å². The molecule has 55 heavy (non-hydrogen) atoms. The zero-order valence-corrected chi connectivity index (χ0v) is 34.0. The van der Waals surface area contributed by atoms with Crippen LogP contribution in [-0.2, 0) is 5.41 Å². The fourth-order valence-electron chi connectivity index (χ4n) is 9.78. The Morgan fingerprint density at radius 2 is 0.782 bits per heavy atom. The molecule has 0 aliphatic heterocycles. The topological polar surface area (TPSA) is 70.5 Å². The van der Waals surface area contributed by atoms with Gasteiger partial charge in [0.25, 0.3) is 0 Å². The highest BCUT2D eigenvalue weighted by Crippen LogP contribution is 2.51. The number of rotatable bonds is 21. The van der Waals surface area contributed by atoms with E-state index in [1.165, 1.54) is 152 Å². The number of ether oxygens (including phenoxy) is 2. The number of benzene rings is 4. The molecular weight excluding hydrogens is 673 g/mol. The molecule has 6 rings (SSSR count). The highest BCUT2D eigenvalue weighted by Gasteiger charge is 2.41. The van der Waals surface area contributed by atoms with Crippen molar-refractivity contribution in [3.05, 3.63) is 108 Å². The van der Waals surface area contributed by atoms with Gasteiger partial charge in [0.1, 0.15) is 23.0 Å². The number of unbranched alkanes of at least 4 members (excludes halogenated alkanes) is 12. The Labute approximate surface area is 333 Å². The molecule has 0 saturated heterocycles. The smallest absolute Gasteiger partial charge is 0.127 e. The molecule has 296 valence electrons. The van der Waals surface area contributed by atoms with Gasteiger partial charge >= 0.3 is 0 Å². The molecule has 0 radical (unpaired) electrons. The predicted molar refractivity (Wildman–Crippen MR) is 233 cm³/mol. The molecule has 2 aliphatic carbocycles. The highest BCUT2D eigenvalue weighted by atomic mass is 16.5. The Hall–Kier alpha value is -3.92. The van der Waals surface area contributed by atoms with Gasteiger partial charge in [-0.15, -0.1) is 0 Å². The van der Waals surface area contributed by atoms with Crippen LogP contribution in [0.15, 0.2) is 97.1 Å². The Morgan fingerprint density at radius 1 is 0.436 bits per heavy atom. The van der Waals surface area contributed by atoms with Gasteiger partial charge in [0.15, 0.2) is 0 Å². The summed E-state index contributed by atoms with van der Waals surface area (Å²) in [6, 6.07) is 33.0. The van der Waals surface area contributed by atoms with E-state index in [0.717, 1.165) is 52.1 Å². The standard InChI is InChI=1S/C51H70N2O2/c1-2-3-4-5-6-7-8-9-10-11-12-13-14-15-40-16-18-41(19-17-40)42-36-38-51(39-37-42,43-20-28-47(29-21-43)54-49-32-24-45(52)25-33-49)44-22-30-48(31-23-44)55-50-34-26-46(53)27-35-50/h20-35,40-42H,2-19,36-39,52-53H2,1H3/t40-,41-. The van der Waals surface area contributed by atoms with Crippen molar-refractivity contribution in [2.75, 3.05) is 11.5 Å². The van der Waals surface area contributed by atoms with Crippen molar-refractivity contribution in [3.8, 4) is 23.0 Å². The number of hydrogen-bond donors (Lipinski definition) is 2. The maximum Gasteiger partial charge on any atom is 0.127 e. The second-order valence-corrected chi connectivity index (χ2v) is 17.1. The third kappa shape index (κ3) is 12.3. The van der Waals surface area contributed by atoms with E-state index in [-0.39, 0.29) is 5.41 Å². The van der Waals surface area contributed by atoms with Gasteiger partial charge in [-0.1, -0.05) is 134 Å². The van der Waals surface area contributed by atoms with E-state index in [2.05, 4.69) is 55.5 Å². The van der Waals surface area contributed by atoms with Crippen LogP contribution in [0.1, 0.15) is 159 Å². The van der Waals surface area contributed by atoms with Gasteiger partial charge in [-0.05, 0) is 140 Å². The molecule has 2 fully saturated rings. The van der Waals surface area contributed by atoms with Crippen LogP contribution >= 0.6 is 0 Å². The zero-order chi connectivity index (χ0) is 38.1. The van der Waals surface area contributed by atoms with E-state index in [1.807, 2.05) is 48.5 Å². The molecule has 0 amide bonds. The maximum atomic E-state index is 6.19. The molecule has 0 unspecified atom stereocenters. The van der Waals surface area contributed by atoms with E-state index < -0.39 is 0 Å². The lowest BCUT2D eigenvalue weighted by molar-refractivity contribution is 0.140. The number of nitrogen functional groups attached to an aromatic ring is 2. The second kappa shape index (κ2) is 21.4. The van der Waals surface area contributed by atoms with Gasteiger partial charge in [-0.3, -0.25) is 0 Å². The Bertz CT molecular complexity index is 1540. The first-order chi connectivity index (χ1) is 27.0. The number of anilines is 2. The summed E-state index contributed by atoms with van der Waals surface area (Å²) in [5.41, 5.74) is 16.0. The van der Waals surface area contributed by atoms with Crippen LogP contribution in [0.25, 0.3) is 0 Å². The van der Waals surface area contributed by atoms with Crippen molar-refractivity contribution in [1.82, 2.24) is 0 Å². The van der Waals surface area contributed by atoms with Crippen LogP contribution in [0.3, 0.4) is 0 Å². The van der Waals surface area contributed by atoms with Crippen molar-refractivity contribution in [2.45, 2.75) is 154 Å². The van der Waals surface area contributed by atoms with Crippen LogP contribution < -0.4 is 20.9 Å². The highest BCUT2D eigenvalue weighted by molar-refractivity contribution is 5.47. The number of hydrogen-bond acceptors (Lipinski definition) is 4. The minimum absolute atomic E-state index is 0.0264. The van der Waals surface area contributed by atoms with Crippen molar-refractivity contribution < 1.29 is 9.47 Å². The molecule has 4 heteroatoms. The molecule has 4 aromatic carbocycles. The molecule has 2 saturated carbocycles. The van der Waals surface area contributed by atoms with E-state index >= 15 is 0 Å². The normalized spacial score (nSPS) is 18.6. The molecule has 4 nitrogen and oxygen atoms in total. The summed E-state index contributed by atoms with van der Waals surface area (Å²) < 4.78 is 12.4. The maximum absolute atomic E-state index is 6.19. The largest absolute Gasteiger partial charge is 0.457 e. The average molecular weight is 743 g/mol. The van der Waals surface area contributed by atoms with Crippen molar-refractivity contribution in [1.29, 1.82) is 0 Å². The van der Waals surface area contributed by atoms with Crippen molar-refractivity contribution in [2.24, 2.45) is 17.8 Å². The molecule has 0 spiro atoms. The van der Waals surface area contributed by atoms with Crippen LogP contribution in [0.2, 0.25) is 0 Å². The molecule has 4 aromatic rings. The van der Waals surface area contributed by atoms with Crippen LogP contribution in [-0.4, -0.2) is 0 Å². The molecule has 0 bridgehead atoms. The molecule has 4 N–H and O–H groups in total. The molecule has 2 aliphatic rings. The summed E-state index contributed by atoms with van der Waals surface area (Å²) in [4.78, 5) is 0. The van der Waals surface area contributed by atoms with Gasteiger partial charge in [0, 0.05) is 16.8 Å². The minimum Gasteiger partial charge on any atom is -0.457 e. The number of nitrogens with two attached hydrogens (primary N) is 2. The fourth-order valence-corrected chi connectivity index (χ4v) is 9.78. The third-order valence-electron chi connectivity index (χ3n) is 13.2. The van der Waals surface area contributed by atoms with Gasteiger partial charge in [0.2, 0.25) is 0 Å². The molecule has 0 aromatic heterocycles. The van der Waals surface area contributed by atoms with E-state index in [9.17, 15) is 0 Å². The van der Waals surface area contributed by atoms with Crippen LogP contribution in [0.5, 0.6) is 23.0 Å². The van der Waals surface area contributed by atoms with Gasteiger partial charge in [0.05, 0.1) is 0 Å². The summed E-state index contributed by atoms with van der Waals surface area (Å²) >= 11 is 0. The first-order valence-corrected chi connectivity index (χ1v) is 22.3. The Balaban J connectivity index is 0.984. The van der Waals surface area contributed by atoms with Gasteiger partial charge < -0.3 is 20.9 Å². The Morgan fingerprint density at radius 3 is 1.18 bits per heavy atom. The molecular formula is C51H70N2O2. The minimum atomic E-state index is -0.0264. The predicted octanol–water partition coefficient (Wildman–Crippen LogP) is 15.2. The molecule has 0 atom stereocenters. The summed E-state index contributed by atoms with van der Waals surface area (Å²) in [6.07, 6.45) is 31.0. The van der Waals surface area contributed by atoms with Gasteiger partial charge in [-0.2, -0.15) is 0 Å².